The zero-order valence-electron chi connectivity index (χ0n) is 42.2. The molecule has 6 N–H and O–H groups in total. The van der Waals surface area contributed by atoms with Crippen LogP contribution in [0.3, 0.4) is 0 Å². The Morgan fingerprint density at radius 3 is 2.43 bits per heavy atom. The van der Waals surface area contributed by atoms with Gasteiger partial charge >= 0.3 is 12.1 Å². The van der Waals surface area contributed by atoms with E-state index in [2.05, 4.69) is 16.0 Å². The molecule has 4 aliphatic rings. The smallest absolute Gasteiger partial charge is 0.409 e. The Hall–Kier alpha value is -5.52. The zero-order chi connectivity index (χ0) is 53.2. The van der Waals surface area contributed by atoms with Crippen molar-refractivity contribution < 1.29 is 67.1 Å². The van der Waals surface area contributed by atoms with Gasteiger partial charge < -0.3 is 55.0 Å². The number of thioether (sulfide) groups is 1. The summed E-state index contributed by atoms with van der Waals surface area (Å²) in [6.45, 7) is 6.85. The molecule has 4 bridgehead atoms. The van der Waals surface area contributed by atoms with Crippen molar-refractivity contribution in [3.63, 3.8) is 0 Å². The van der Waals surface area contributed by atoms with Gasteiger partial charge in [-0.3, -0.25) is 39.0 Å². The topological polar surface area (TPSA) is 278 Å². The number of carbonyl (C=O) groups excluding carboxylic acids is 8. The number of carbonyl (C=O) groups is 8. The molecule has 396 valence electrons. The lowest BCUT2D eigenvalue weighted by Crippen LogP contribution is -2.63. The molecule has 0 saturated carbocycles. The number of allylic oxidation sites excluding steroid dienone is 3. The van der Waals surface area contributed by atoms with Crippen LogP contribution in [-0.4, -0.2) is 170 Å². The Bertz CT molecular complexity index is 2320. The summed E-state index contributed by atoms with van der Waals surface area (Å²) >= 11 is 8.07. The molecular formula is C49H68ClN7O14S. The third-order valence-corrected chi connectivity index (χ3v) is 14.5. The van der Waals surface area contributed by atoms with Crippen molar-refractivity contribution in [3.05, 3.63) is 58.7 Å². The minimum Gasteiger partial charge on any atom is -0.495 e. The summed E-state index contributed by atoms with van der Waals surface area (Å²) in [7, 11) is 5.74. The second-order valence-corrected chi connectivity index (χ2v) is 20.0. The molecule has 1 aromatic carbocycles. The number of anilines is 1. The molecule has 23 heteroatoms. The van der Waals surface area contributed by atoms with Crippen molar-refractivity contribution >= 4 is 76.6 Å². The second kappa shape index (κ2) is 24.9. The van der Waals surface area contributed by atoms with Gasteiger partial charge in [-0.15, -0.1) is 0 Å². The molecule has 10 atom stereocenters. The molecule has 0 spiro atoms. The lowest BCUT2D eigenvalue weighted by Gasteiger charge is -2.42. The van der Waals surface area contributed by atoms with Crippen LogP contribution >= 0.6 is 23.4 Å². The summed E-state index contributed by atoms with van der Waals surface area (Å²) in [5, 5.41) is 19.9. The number of nitrogens with one attached hydrogen (secondary N) is 3. The van der Waals surface area contributed by atoms with Crippen LogP contribution in [0.5, 0.6) is 5.75 Å². The molecule has 0 radical (unpaired) electrons. The highest BCUT2D eigenvalue weighted by Crippen LogP contribution is 2.49. The SMILES string of the molecule is COc1cc2cc(c1Cl)N(C)C(=O)CC(OC(=O)[C@H](C)N(C)C(=O)C(CSC)NC(=O)[C@@H](CCCCN)NC(=O)CCN1C(=O)C=CC1=O)C1(C)OC1C(C)C1CC(O)(NC(=O)O1)C(OC)/C=C/C=C(\C)C2. The molecule has 4 aliphatic heterocycles. The van der Waals surface area contributed by atoms with Crippen LogP contribution < -0.4 is 31.3 Å². The van der Waals surface area contributed by atoms with Gasteiger partial charge in [0.15, 0.2) is 5.72 Å². The molecule has 0 aromatic heterocycles. The molecule has 5 rings (SSSR count). The van der Waals surface area contributed by atoms with Gasteiger partial charge in [0.05, 0.1) is 25.3 Å². The van der Waals surface area contributed by atoms with Crippen molar-refractivity contribution in [2.45, 2.75) is 127 Å². The van der Waals surface area contributed by atoms with Crippen LogP contribution in [0, 0.1) is 5.92 Å². The van der Waals surface area contributed by atoms with Crippen molar-refractivity contribution in [2.24, 2.45) is 11.7 Å². The average Bonchev–Trinajstić information content (AvgIpc) is 3.93. The number of aliphatic hydroxyl groups is 1. The lowest BCUT2D eigenvalue weighted by atomic mass is 9.83. The van der Waals surface area contributed by atoms with E-state index in [0.717, 1.165) is 33.1 Å². The van der Waals surface area contributed by atoms with Gasteiger partial charge in [0.25, 0.3) is 11.8 Å². The number of nitrogens with two attached hydrogens (primary N) is 1. The van der Waals surface area contributed by atoms with E-state index >= 15 is 0 Å². The van der Waals surface area contributed by atoms with Crippen molar-refractivity contribution in [1.29, 1.82) is 0 Å². The van der Waals surface area contributed by atoms with Gasteiger partial charge in [-0.1, -0.05) is 42.3 Å². The lowest BCUT2D eigenvalue weighted by molar-refractivity contribution is -0.162. The number of epoxide rings is 1. The first kappa shape index (κ1) is 57.4. The highest BCUT2D eigenvalue weighted by atomic mass is 35.5. The average molecular weight is 1050 g/mol. The quantitative estimate of drug-likeness (QED) is 0.0611. The predicted octanol–water partition coefficient (Wildman–Crippen LogP) is 2.29. The van der Waals surface area contributed by atoms with Crippen LogP contribution in [-0.2, 0) is 58.9 Å². The van der Waals surface area contributed by atoms with E-state index in [9.17, 15) is 43.5 Å². The number of likely N-dealkylation sites (N-methyl/N-ethyl adjacent to an activating group) is 1. The standard InChI is InChI=1S/C49H68ClN7O14S/c1-27-13-12-15-36(68-8)49(66)25-35(69-47(65)54-49)28(2)43-48(4,71-43)37(24-41(61)56(6)33-22-30(21-27)23-34(67-7)42(33)50)70-46(64)29(3)55(5)45(63)32(26-72-9)53-44(62)31(14-10-11-19-51)52-38(58)18-20-57-39(59)16-17-40(57)60/h12-13,15-17,22-23,28-29,31-32,35-37,43,66H,10-11,14,18-21,24-26,51H2,1-9H3,(H,52,58)(H,53,62)(H,54,65)/b15-12+,27-13+/t28?,29-,31+,32?,35?,36?,37?,43?,48?,49?/m0/s1. The number of unbranched alkanes of at least 4 members (excludes halogenated alkanes) is 1. The van der Waals surface area contributed by atoms with E-state index in [0.29, 0.717) is 37.2 Å². The van der Waals surface area contributed by atoms with Gasteiger partial charge in [0, 0.05) is 64.4 Å². The summed E-state index contributed by atoms with van der Waals surface area (Å²) in [5.74, 6) is -4.75. The molecule has 4 heterocycles. The first-order valence-corrected chi connectivity index (χ1v) is 25.5. The number of nitrogens with zero attached hydrogens (tertiary/aromatic N) is 3. The maximum absolute atomic E-state index is 14.4. The number of rotatable bonds is 18. The van der Waals surface area contributed by atoms with Crippen LogP contribution in [0.1, 0.15) is 71.8 Å². The minimum absolute atomic E-state index is 0.0729. The third kappa shape index (κ3) is 13.7. The summed E-state index contributed by atoms with van der Waals surface area (Å²) in [6.07, 6.45) is 4.87. The second-order valence-electron chi connectivity index (χ2n) is 18.7. The summed E-state index contributed by atoms with van der Waals surface area (Å²) in [4.78, 5) is 110. The monoisotopic (exact) mass is 1050 g/mol. The van der Waals surface area contributed by atoms with Gasteiger partial charge in [-0.2, -0.15) is 11.8 Å². The fraction of sp³-hybridized carbons (Fsp3) is 0.592. The number of fused-ring (bicyclic) bond motifs is 5. The Morgan fingerprint density at radius 1 is 1.10 bits per heavy atom. The zero-order valence-corrected chi connectivity index (χ0v) is 43.8. The van der Waals surface area contributed by atoms with Crippen LogP contribution in [0.25, 0.3) is 0 Å². The molecule has 7 amide bonds. The van der Waals surface area contributed by atoms with Crippen LogP contribution in [0.4, 0.5) is 10.5 Å². The number of hydrogen-bond donors (Lipinski definition) is 5. The fourth-order valence-corrected chi connectivity index (χ4v) is 9.82. The molecule has 21 nitrogen and oxygen atoms in total. The highest BCUT2D eigenvalue weighted by molar-refractivity contribution is 7.98. The van der Waals surface area contributed by atoms with Crippen LogP contribution in [0.15, 0.2) is 48.1 Å². The molecule has 1 aromatic rings. The Morgan fingerprint density at radius 2 is 1.79 bits per heavy atom. The van der Waals surface area contributed by atoms with E-state index < -0.39 is 114 Å². The van der Waals surface area contributed by atoms with Crippen LogP contribution in [0.2, 0.25) is 5.02 Å². The molecule has 72 heavy (non-hydrogen) atoms. The Balaban J connectivity index is 1.40. The van der Waals surface area contributed by atoms with E-state index in [1.54, 1.807) is 44.4 Å². The van der Waals surface area contributed by atoms with Gasteiger partial charge in [-0.05, 0) is 77.0 Å². The van der Waals surface area contributed by atoms with E-state index in [4.69, 9.17) is 41.0 Å². The van der Waals surface area contributed by atoms with E-state index in [1.807, 2.05) is 13.0 Å². The third-order valence-electron chi connectivity index (χ3n) is 13.5. The number of benzene rings is 1. The first-order chi connectivity index (χ1) is 34.0. The van der Waals surface area contributed by atoms with Crippen molar-refractivity contribution in [2.75, 3.05) is 58.3 Å². The number of methoxy groups -OCH3 is 2. The molecule has 2 saturated heterocycles. The predicted molar refractivity (Wildman–Crippen MR) is 267 cm³/mol. The summed E-state index contributed by atoms with van der Waals surface area (Å²) in [5.41, 5.74) is 4.36. The van der Waals surface area contributed by atoms with Crippen molar-refractivity contribution in [1.82, 2.24) is 25.8 Å². The molecular weight excluding hydrogens is 978 g/mol. The molecule has 2 fully saturated rings. The maximum atomic E-state index is 14.4. The Labute approximate surface area is 428 Å². The number of amides is 7. The first-order valence-electron chi connectivity index (χ1n) is 23.7. The van der Waals surface area contributed by atoms with E-state index in [1.165, 1.54) is 51.9 Å². The largest absolute Gasteiger partial charge is 0.495 e. The number of halogens is 1. The maximum Gasteiger partial charge on any atom is 0.409 e. The number of esters is 1. The fourth-order valence-electron chi connectivity index (χ4n) is 8.95. The summed E-state index contributed by atoms with van der Waals surface area (Å²) < 4.78 is 29.5. The normalized spacial score (nSPS) is 27.8. The van der Waals surface area contributed by atoms with Gasteiger partial charge in [0.2, 0.25) is 23.6 Å². The van der Waals surface area contributed by atoms with Crippen molar-refractivity contribution in [3.8, 4) is 5.75 Å². The number of imide groups is 1. The molecule has 8 unspecified atom stereocenters. The number of alkyl carbamates (subject to hydrolysis) is 1. The Kier molecular flexibility index (Phi) is 19.9. The molecule has 0 aliphatic carbocycles. The number of ether oxygens (including phenoxy) is 5. The highest BCUT2D eigenvalue weighted by Gasteiger charge is 2.64. The summed E-state index contributed by atoms with van der Waals surface area (Å²) in [6, 6.07) is -0.0869. The van der Waals surface area contributed by atoms with E-state index in [-0.39, 0.29) is 36.6 Å². The minimum atomic E-state index is -1.91. The van der Waals surface area contributed by atoms with Gasteiger partial charge in [0.1, 0.15) is 52.8 Å². The number of hydrogen-bond acceptors (Lipinski definition) is 16. The van der Waals surface area contributed by atoms with Gasteiger partial charge in [-0.25, -0.2) is 9.59 Å².